The summed E-state index contributed by atoms with van der Waals surface area (Å²) >= 11 is 0. The first-order valence-corrected chi connectivity index (χ1v) is 7.11. The van der Waals surface area contributed by atoms with Gasteiger partial charge < -0.3 is 9.84 Å². The lowest BCUT2D eigenvalue weighted by atomic mass is 9.85. The second kappa shape index (κ2) is 6.79. The van der Waals surface area contributed by atoms with Crippen molar-refractivity contribution in [2.45, 2.75) is 51.0 Å². The summed E-state index contributed by atoms with van der Waals surface area (Å²) in [4.78, 5) is 0. The zero-order valence-corrected chi connectivity index (χ0v) is 11.3. The van der Waals surface area contributed by atoms with Gasteiger partial charge in [0.25, 0.3) is 0 Å². The van der Waals surface area contributed by atoms with E-state index in [9.17, 15) is 5.11 Å². The summed E-state index contributed by atoms with van der Waals surface area (Å²) in [6, 6.07) is 7.76. The summed E-state index contributed by atoms with van der Waals surface area (Å²) in [6.45, 7) is 0. The second-order valence-electron chi connectivity index (χ2n) is 5.37. The third kappa shape index (κ3) is 3.74. The van der Waals surface area contributed by atoms with Crippen LogP contribution in [0.1, 0.15) is 56.6 Å². The van der Waals surface area contributed by atoms with Crippen LogP contribution in [0.2, 0.25) is 0 Å². The molecule has 0 saturated heterocycles. The van der Waals surface area contributed by atoms with E-state index in [1.54, 1.807) is 7.11 Å². The van der Waals surface area contributed by atoms with Crippen molar-refractivity contribution in [3.8, 4) is 5.75 Å². The Bertz CT molecular complexity index is 339. The molecule has 2 rings (SSSR count). The van der Waals surface area contributed by atoms with Crippen LogP contribution in [0.5, 0.6) is 5.75 Å². The summed E-state index contributed by atoms with van der Waals surface area (Å²) in [5.74, 6) is 1.69. The number of aliphatic hydroxyl groups is 1. The smallest absolute Gasteiger partial charge is 0.118 e. The van der Waals surface area contributed by atoms with Gasteiger partial charge in [-0.05, 0) is 36.5 Å². The molecule has 0 radical (unpaired) electrons. The summed E-state index contributed by atoms with van der Waals surface area (Å²) in [6.07, 6.45) is 8.59. The Labute approximate surface area is 110 Å². The molecule has 0 bridgehead atoms. The maximum Gasteiger partial charge on any atom is 0.118 e. The van der Waals surface area contributed by atoms with Gasteiger partial charge in [0.05, 0.1) is 13.2 Å². The molecule has 1 aromatic carbocycles. The molecule has 1 aromatic rings. The van der Waals surface area contributed by atoms with Crippen molar-refractivity contribution < 1.29 is 9.84 Å². The molecule has 18 heavy (non-hydrogen) atoms. The molecule has 0 aliphatic heterocycles. The first-order valence-electron chi connectivity index (χ1n) is 7.11. The van der Waals surface area contributed by atoms with Crippen molar-refractivity contribution in [1.29, 1.82) is 0 Å². The Balaban J connectivity index is 1.80. The Kier molecular flexibility index (Phi) is 5.06. The summed E-state index contributed by atoms with van der Waals surface area (Å²) < 4.78 is 5.12. The minimum Gasteiger partial charge on any atom is -0.497 e. The van der Waals surface area contributed by atoms with Crippen LogP contribution in [-0.4, -0.2) is 12.2 Å². The van der Waals surface area contributed by atoms with E-state index in [1.807, 2.05) is 24.3 Å². The molecule has 0 heterocycles. The highest BCUT2D eigenvalue weighted by molar-refractivity contribution is 5.28. The van der Waals surface area contributed by atoms with E-state index < -0.39 is 0 Å². The SMILES string of the molecule is COc1ccc(C(O)CCC2CCCCC2)cc1. The largest absolute Gasteiger partial charge is 0.497 e. The number of aliphatic hydroxyl groups excluding tert-OH is 1. The van der Waals surface area contributed by atoms with Crippen LogP contribution in [0.4, 0.5) is 0 Å². The zero-order valence-electron chi connectivity index (χ0n) is 11.3. The third-order valence-electron chi connectivity index (χ3n) is 4.07. The highest BCUT2D eigenvalue weighted by Crippen LogP contribution is 2.30. The van der Waals surface area contributed by atoms with Crippen molar-refractivity contribution in [3.05, 3.63) is 29.8 Å². The van der Waals surface area contributed by atoms with Gasteiger partial charge in [0.2, 0.25) is 0 Å². The van der Waals surface area contributed by atoms with Gasteiger partial charge in [-0.15, -0.1) is 0 Å². The molecule has 1 saturated carbocycles. The lowest BCUT2D eigenvalue weighted by molar-refractivity contribution is 0.151. The predicted octanol–water partition coefficient (Wildman–Crippen LogP) is 4.09. The second-order valence-corrected chi connectivity index (χ2v) is 5.37. The van der Waals surface area contributed by atoms with Gasteiger partial charge in [-0.3, -0.25) is 0 Å². The molecule has 1 aliphatic rings. The summed E-state index contributed by atoms with van der Waals surface area (Å²) in [5.41, 5.74) is 1.01. The van der Waals surface area contributed by atoms with Crippen LogP contribution < -0.4 is 4.74 Å². The first-order chi connectivity index (χ1) is 8.79. The lowest BCUT2D eigenvalue weighted by Gasteiger charge is -2.22. The predicted molar refractivity (Wildman–Crippen MR) is 73.8 cm³/mol. The standard InChI is InChI=1S/C16H24O2/c1-18-15-10-8-14(9-11-15)16(17)12-7-13-5-3-2-4-6-13/h8-11,13,16-17H,2-7,12H2,1H3. The number of ether oxygens (including phenoxy) is 1. The molecular weight excluding hydrogens is 224 g/mol. The fourth-order valence-electron chi connectivity index (χ4n) is 2.86. The van der Waals surface area contributed by atoms with Crippen molar-refractivity contribution in [3.63, 3.8) is 0 Å². The van der Waals surface area contributed by atoms with Gasteiger partial charge in [0, 0.05) is 0 Å². The van der Waals surface area contributed by atoms with E-state index in [-0.39, 0.29) is 6.10 Å². The van der Waals surface area contributed by atoms with Crippen LogP contribution in [0, 0.1) is 5.92 Å². The lowest BCUT2D eigenvalue weighted by Crippen LogP contribution is -2.08. The van der Waals surface area contributed by atoms with E-state index in [1.165, 1.54) is 32.1 Å². The molecule has 1 fully saturated rings. The van der Waals surface area contributed by atoms with Crippen LogP contribution in [0.15, 0.2) is 24.3 Å². The fraction of sp³-hybridized carbons (Fsp3) is 0.625. The van der Waals surface area contributed by atoms with Crippen LogP contribution >= 0.6 is 0 Å². The van der Waals surface area contributed by atoms with Crippen LogP contribution in [-0.2, 0) is 0 Å². The minimum absolute atomic E-state index is 0.321. The van der Waals surface area contributed by atoms with Crippen molar-refractivity contribution in [1.82, 2.24) is 0 Å². The Morgan fingerprint density at radius 1 is 1.17 bits per heavy atom. The van der Waals surface area contributed by atoms with Gasteiger partial charge in [-0.2, -0.15) is 0 Å². The number of benzene rings is 1. The van der Waals surface area contributed by atoms with Gasteiger partial charge in [-0.1, -0.05) is 44.2 Å². The van der Waals surface area contributed by atoms with Gasteiger partial charge in [0.1, 0.15) is 5.75 Å². The van der Waals surface area contributed by atoms with Gasteiger partial charge in [0.15, 0.2) is 0 Å². The molecule has 0 spiro atoms. The Morgan fingerprint density at radius 3 is 2.44 bits per heavy atom. The molecule has 1 N–H and O–H groups in total. The molecule has 1 unspecified atom stereocenters. The molecule has 0 amide bonds. The Hall–Kier alpha value is -1.02. The molecule has 2 nitrogen and oxygen atoms in total. The first kappa shape index (κ1) is 13.4. The third-order valence-corrected chi connectivity index (χ3v) is 4.07. The zero-order chi connectivity index (χ0) is 12.8. The van der Waals surface area contributed by atoms with Crippen molar-refractivity contribution >= 4 is 0 Å². The van der Waals surface area contributed by atoms with E-state index in [0.29, 0.717) is 0 Å². The minimum atomic E-state index is -0.321. The fourth-order valence-corrected chi connectivity index (χ4v) is 2.86. The maximum absolute atomic E-state index is 10.2. The molecule has 0 aromatic heterocycles. The van der Waals surface area contributed by atoms with Crippen molar-refractivity contribution in [2.24, 2.45) is 5.92 Å². The number of hydrogen-bond acceptors (Lipinski definition) is 2. The normalized spacial score (nSPS) is 18.6. The summed E-state index contributed by atoms with van der Waals surface area (Å²) in [7, 11) is 1.66. The average molecular weight is 248 g/mol. The van der Waals surface area contributed by atoms with E-state index in [0.717, 1.165) is 30.1 Å². The highest BCUT2D eigenvalue weighted by Gasteiger charge is 2.15. The molecular formula is C16H24O2. The number of methoxy groups -OCH3 is 1. The van der Waals surface area contributed by atoms with E-state index in [4.69, 9.17) is 4.74 Å². The molecule has 100 valence electrons. The quantitative estimate of drug-likeness (QED) is 0.850. The van der Waals surface area contributed by atoms with Crippen LogP contribution in [0.25, 0.3) is 0 Å². The summed E-state index contributed by atoms with van der Waals surface area (Å²) in [5, 5.41) is 10.2. The molecule has 1 atom stereocenters. The van der Waals surface area contributed by atoms with Gasteiger partial charge in [-0.25, -0.2) is 0 Å². The van der Waals surface area contributed by atoms with E-state index >= 15 is 0 Å². The topological polar surface area (TPSA) is 29.5 Å². The molecule has 2 heteroatoms. The number of rotatable bonds is 5. The van der Waals surface area contributed by atoms with Crippen LogP contribution in [0.3, 0.4) is 0 Å². The number of hydrogen-bond donors (Lipinski definition) is 1. The Morgan fingerprint density at radius 2 is 1.83 bits per heavy atom. The van der Waals surface area contributed by atoms with E-state index in [2.05, 4.69) is 0 Å². The maximum atomic E-state index is 10.2. The highest BCUT2D eigenvalue weighted by atomic mass is 16.5. The average Bonchev–Trinajstić information content (AvgIpc) is 2.46. The van der Waals surface area contributed by atoms with Gasteiger partial charge >= 0.3 is 0 Å². The van der Waals surface area contributed by atoms with Crippen molar-refractivity contribution in [2.75, 3.05) is 7.11 Å². The molecule has 1 aliphatic carbocycles. The monoisotopic (exact) mass is 248 g/mol.